The first kappa shape index (κ1) is 11.0. The number of aliphatic hydroxyl groups excluding tert-OH is 1. The van der Waals surface area contributed by atoms with Crippen LogP contribution in [0.1, 0.15) is 11.4 Å². The van der Waals surface area contributed by atoms with Gasteiger partial charge >= 0.3 is 0 Å². The summed E-state index contributed by atoms with van der Waals surface area (Å²) in [6, 6.07) is 0. The first-order chi connectivity index (χ1) is 7.07. The molecule has 1 saturated heterocycles. The third kappa shape index (κ3) is 2.76. The number of hydrogen-bond acceptors (Lipinski definition) is 5. The van der Waals surface area contributed by atoms with E-state index >= 15 is 0 Å². The second kappa shape index (κ2) is 4.19. The molecular weight excluding hydrogens is 234 g/mol. The van der Waals surface area contributed by atoms with Crippen molar-refractivity contribution in [2.24, 2.45) is 5.92 Å². The van der Waals surface area contributed by atoms with Crippen LogP contribution < -0.4 is 0 Å². The van der Waals surface area contributed by atoms with Gasteiger partial charge < -0.3 is 5.11 Å². The van der Waals surface area contributed by atoms with E-state index in [1.807, 2.05) is 5.38 Å². The summed E-state index contributed by atoms with van der Waals surface area (Å²) < 4.78 is 22.4. The standard InChI is InChI=1S/C9H13NO3S2/c11-8(5-9-10-2-3-14-9)7-1-4-15(12,13)6-7/h2-3,7-8,11H,1,4-6H2. The minimum Gasteiger partial charge on any atom is -0.392 e. The molecule has 4 nitrogen and oxygen atoms in total. The molecule has 1 aliphatic heterocycles. The van der Waals surface area contributed by atoms with Crippen LogP contribution in [0.15, 0.2) is 11.6 Å². The molecule has 0 aliphatic carbocycles. The zero-order valence-corrected chi connectivity index (χ0v) is 9.80. The summed E-state index contributed by atoms with van der Waals surface area (Å²) in [6.45, 7) is 0. The minimum absolute atomic E-state index is 0.112. The Kier molecular flexibility index (Phi) is 3.08. The van der Waals surface area contributed by atoms with Gasteiger partial charge in [0.15, 0.2) is 9.84 Å². The molecule has 0 amide bonds. The quantitative estimate of drug-likeness (QED) is 0.843. The second-order valence-corrected chi connectivity index (χ2v) is 7.07. The Morgan fingerprint density at radius 1 is 1.67 bits per heavy atom. The molecule has 1 aromatic heterocycles. The van der Waals surface area contributed by atoms with Gasteiger partial charge in [-0.15, -0.1) is 11.3 Å². The maximum absolute atomic E-state index is 11.2. The smallest absolute Gasteiger partial charge is 0.150 e. The largest absolute Gasteiger partial charge is 0.392 e. The lowest BCUT2D eigenvalue weighted by molar-refractivity contribution is 0.120. The molecule has 2 unspecified atom stereocenters. The molecule has 2 rings (SSSR count). The predicted molar refractivity (Wildman–Crippen MR) is 58.6 cm³/mol. The van der Waals surface area contributed by atoms with Crippen LogP contribution in [-0.4, -0.2) is 36.1 Å². The van der Waals surface area contributed by atoms with Crippen molar-refractivity contribution in [1.82, 2.24) is 4.98 Å². The molecule has 2 heterocycles. The van der Waals surface area contributed by atoms with Gasteiger partial charge in [0.05, 0.1) is 22.6 Å². The first-order valence-corrected chi connectivity index (χ1v) is 7.54. The highest BCUT2D eigenvalue weighted by atomic mass is 32.2. The summed E-state index contributed by atoms with van der Waals surface area (Å²) in [7, 11) is -2.90. The molecule has 1 fully saturated rings. The van der Waals surface area contributed by atoms with E-state index in [0.29, 0.717) is 12.8 Å². The van der Waals surface area contributed by atoms with Gasteiger partial charge in [0.25, 0.3) is 0 Å². The second-order valence-electron chi connectivity index (χ2n) is 3.86. The fourth-order valence-corrected chi connectivity index (χ4v) is 4.36. The number of rotatable bonds is 3. The van der Waals surface area contributed by atoms with Crippen molar-refractivity contribution in [3.63, 3.8) is 0 Å². The van der Waals surface area contributed by atoms with E-state index in [1.54, 1.807) is 6.20 Å². The highest BCUT2D eigenvalue weighted by molar-refractivity contribution is 7.91. The Bertz CT molecular complexity index is 413. The number of hydrogen-bond donors (Lipinski definition) is 1. The third-order valence-electron chi connectivity index (χ3n) is 2.68. The van der Waals surface area contributed by atoms with Crippen molar-refractivity contribution >= 4 is 21.2 Å². The third-order valence-corrected chi connectivity index (χ3v) is 5.27. The highest BCUT2D eigenvalue weighted by Crippen LogP contribution is 2.24. The molecule has 2 atom stereocenters. The number of sulfone groups is 1. The molecule has 84 valence electrons. The van der Waals surface area contributed by atoms with Crippen LogP contribution in [0.25, 0.3) is 0 Å². The Balaban J connectivity index is 1.95. The summed E-state index contributed by atoms with van der Waals surface area (Å²) in [5.41, 5.74) is 0. The summed E-state index contributed by atoms with van der Waals surface area (Å²) >= 11 is 1.49. The SMILES string of the molecule is O=S1(=O)CCC(C(O)Cc2nccs2)C1. The van der Waals surface area contributed by atoms with Gasteiger partial charge in [-0.2, -0.15) is 0 Å². The van der Waals surface area contributed by atoms with E-state index in [0.717, 1.165) is 5.01 Å². The molecule has 1 N–H and O–H groups in total. The number of aromatic nitrogens is 1. The monoisotopic (exact) mass is 247 g/mol. The van der Waals surface area contributed by atoms with Crippen molar-refractivity contribution in [3.05, 3.63) is 16.6 Å². The fraction of sp³-hybridized carbons (Fsp3) is 0.667. The molecule has 0 saturated carbocycles. The summed E-state index contributed by atoms with van der Waals surface area (Å²) in [6.07, 6.45) is 2.17. The average Bonchev–Trinajstić information content (AvgIpc) is 2.74. The summed E-state index contributed by atoms with van der Waals surface area (Å²) in [5, 5.41) is 12.6. The number of aliphatic hydroxyl groups is 1. The lowest BCUT2D eigenvalue weighted by atomic mass is 10.00. The average molecular weight is 247 g/mol. The van der Waals surface area contributed by atoms with Gasteiger partial charge in [-0.25, -0.2) is 13.4 Å². The van der Waals surface area contributed by atoms with Crippen LogP contribution >= 0.6 is 11.3 Å². The van der Waals surface area contributed by atoms with Crippen LogP contribution in [0.2, 0.25) is 0 Å². The lowest BCUT2D eigenvalue weighted by Gasteiger charge is -2.14. The normalized spacial score (nSPS) is 26.6. The Morgan fingerprint density at radius 3 is 3.00 bits per heavy atom. The molecule has 0 spiro atoms. The maximum atomic E-state index is 11.2. The van der Waals surface area contributed by atoms with E-state index < -0.39 is 15.9 Å². The first-order valence-electron chi connectivity index (χ1n) is 4.84. The Labute approximate surface area is 92.9 Å². The molecule has 0 bridgehead atoms. The van der Waals surface area contributed by atoms with Crippen LogP contribution in [0.4, 0.5) is 0 Å². The Hall–Kier alpha value is -0.460. The minimum atomic E-state index is -2.90. The van der Waals surface area contributed by atoms with Gasteiger partial charge in [-0.05, 0) is 6.42 Å². The zero-order valence-electron chi connectivity index (χ0n) is 8.17. The molecule has 15 heavy (non-hydrogen) atoms. The molecule has 0 aromatic carbocycles. The summed E-state index contributed by atoms with van der Waals surface area (Å²) in [5.74, 6) is 0.227. The van der Waals surface area contributed by atoms with Gasteiger partial charge in [0.2, 0.25) is 0 Å². The van der Waals surface area contributed by atoms with E-state index in [-0.39, 0.29) is 17.4 Å². The zero-order chi connectivity index (χ0) is 10.9. The van der Waals surface area contributed by atoms with Gasteiger partial charge in [0, 0.05) is 23.9 Å². The van der Waals surface area contributed by atoms with Crippen molar-refractivity contribution in [1.29, 1.82) is 0 Å². The lowest BCUT2D eigenvalue weighted by Crippen LogP contribution is -2.23. The van der Waals surface area contributed by atoms with Crippen LogP contribution in [0.3, 0.4) is 0 Å². The van der Waals surface area contributed by atoms with E-state index in [2.05, 4.69) is 4.98 Å². The van der Waals surface area contributed by atoms with Crippen LogP contribution in [0.5, 0.6) is 0 Å². The van der Waals surface area contributed by atoms with E-state index in [9.17, 15) is 13.5 Å². The van der Waals surface area contributed by atoms with Crippen molar-refractivity contribution in [2.75, 3.05) is 11.5 Å². The molecule has 1 aromatic rings. The maximum Gasteiger partial charge on any atom is 0.150 e. The topological polar surface area (TPSA) is 67.3 Å². The fourth-order valence-electron chi connectivity index (χ4n) is 1.83. The highest BCUT2D eigenvalue weighted by Gasteiger charge is 2.33. The predicted octanol–water partition coefficient (Wildman–Crippen LogP) is 0.481. The van der Waals surface area contributed by atoms with Gasteiger partial charge in [0.1, 0.15) is 0 Å². The molecule has 6 heteroatoms. The van der Waals surface area contributed by atoms with E-state index in [1.165, 1.54) is 11.3 Å². The number of nitrogens with zero attached hydrogens (tertiary/aromatic N) is 1. The molecule has 0 radical (unpaired) electrons. The van der Waals surface area contributed by atoms with E-state index in [4.69, 9.17) is 0 Å². The van der Waals surface area contributed by atoms with Gasteiger partial charge in [-0.3, -0.25) is 0 Å². The molecular formula is C9H13NO3S2. The molecule has 1 aliphatic rings. The van der Waals surface area contributed by atoms with Gasteiger partial charge in [-0.1, -0.05) is 0 Å². The summed E-state index contributed by atoms with van der Waals surface area (Å²) in [4.78, 5) is 4.07. The van der Waals surface area contributed by atoms with Crippen LogP contribution in [-0.2, 0) is 16.3 Å². The van der Waals surface area contributed by atoms with Crippen molar-refractivity contribution in [3.8, 4) is 0 Å². The van der Waals surface area contributed by atoms with Crippen LogP contribution in [0, 0.1) is 5.92 Å². The van der Waals surface area contributed by atoms with Crippen molar-refractivity contribution < 1.29 is 13.5 Å². The number of thiazole rings is 1. The Morgan fingerprint density at radius 2 is 2.47 bits per heavy atom. The van der Waals surface area contributed by atoms with Crippen molar-refractivity contribution in [2.45, 2.75) is 18.9 Å².